The molecule has 1 atom stereocenters. The number of nitrogens with zero attached hydrogens (tertiary/aromatic N) is 2. The number of hydrogen-bond acceptors (Lipinski definition) is 3. The van der Waals surface area contributed by atoms with Crippen LogP contribution in [-0.4, -0.2) is 34.0 Å². The van der Waals surface area contributed by atoms with E-state index in [1.54, 1.807) is 10.6 Å². The molecule has 0 saturated heterocycles. The van der Waals surface area contributed by atoms with E-state index in [1.165, 1.54) is 0 Å². The van der Waals surface area contributed by atoms with Crippen LogP contribution >= 0.6 is 0 Å². The van der Waals surface area contributed by atoms with Crippen LogP contribution in [0.4, 0.5) is 0 Å². The van der Waals surface area contributed by atoms with Gasteiger partial charge < -0.3 is 20.2 Å². The lowest BCUT2D eigenvalue weighted by atomic mass is 10.0. The van der Waals surface area contributed by atoms with E-state index in [0.29, 0.717) is 12.1 Å². The van der Waals surface area contributed by atoms with Gasteiger partial charge in [-0.15, -0.1) is 0 Å². The van der Waals surface area contributed by atoms with Crippen LogP contribution in [0.15, 0.2) is 60.8 Å². The highest BCUT2D eigenvalue weighted by Gasteiger charge is 2.24. The molecule has 4 aromatic rings. The Morgan fingerprint density at radius 3 is 2.73 bits per heavy atom. The lowest BCUT2D eigenvalue weighted by Gasteiger charge is -2.18. The second-order valence-corrected chi connectivity index (χ2v) is 7.11. The number of nitrogens with one attached hydrogen (secondary N) is 3. The molecule has 2 amide bonds. The maximum absolute atomic E-state index is 13.0. The average molecular weight is 399 g/mol. The summed E-state index contributed by atoms with van der Waals surface area (Å²) in [5.74, 6) is -0.736. The third-order valence-electron chi connectivity index (χ3n) is 5.25. The van der Waals surface area contributed by atoms with Gasteiger partial charge >= 0.3 is 0 Å². The van der Waals surface area contributed by atoms with Crippen LogP contribution in [0.5, 0.6) is 0 Å². The molecule has 0 aliphatic carbocycles. The molecule has 150 valence electrons. The summed E-state index contributed by atoms with van der Waals surface area (Å²) in [6.07, 6.45) is 2.15. The number of rotatable bonds is 6. The molecule has 0 spiro atoms. The van der Waals surface area contributed by atoms with Crippen molar-refractivity contribution in [1.29, 1.82) is 5.26 Å². The normalized spacial score (nSPS) is 11.9. The van der Waals surface area contributed by atoms with Crippen molar-refractivity contribution < 1.29 is 9.59 Å². The molecule has 2 aromatic heterocycles. The van der Waals surface area contributed by atoms with Gasteiger partial charge in [0.1, 0.15) is 18.3 Å². The predicted octanol–water partition coefficient (Wildman–Crippen LogP) is 2.64. The Bertz CT molecular complexity index is 1280. The van der Waals surface area contributed by atoms with E-state index < -0.39 is 11.9 Å². The molecule has 7 heteroatoms. The summed E-state index contributed by atoms with van der Waals surface area (Å²) in [4.78, 5) is 28.9. The SMILES string of the molecule is Cn1c(C(=O)NC(Cc2c[nH]c3ccccc23)C(=O)NCC#N)cc2ccccc21. The number of H-pyrrole nitrogens is 1. The van der Waals surface area contributed by atoms with Gasteiger partial charge in [-0.25, -0.2) is 0 Å². The minimum Gasteiger partial charge on any atom is -0.361 e. The predicted molar refractivity (Wildman–Crippen MR) is 115 cm³/mol. The van der Waals surface area contributed by atoms with E-state index in [2.05, 4.69) is 15.6 Å². The number of para-hydroxylation sites is 2. The maximum atomic E-state index is 13.0. The maximum Gasteiger partial charge on any atom is 0.268 e. The topological polar surface area (TPSA) is 103 Å². The molecule has 4 rings (SSSR count). The van der Waals surface area contributed by atoms with Crippen molar-refractivity contribution in [3.8, 4) is 6.07 Å². The average Bonchev–Trinajstić information content (AvgIpc) is 3.33. The summed E-state index contributed by atoms with van der Waals surface area (Å²) in [7, 11) is 1.82. The largest absolute Gasteiger partial charge is 0.361 e. The van der Waals surface area contributed by atoms with E-state index in [9.17, 15) is 9.59 Å². The van der Waals surface area contributed by atoms with E-state index in [0.717, 1.165) is 27.4 Å². The molecular formula is C23H21N5O2. The van der Waals surface area contributed by atoms with Gasteiger partial charge in [0.15, 0.2) is 0 Å². The number of aromatic nitrogens is 2. The third kappa shape index (κ3) is 3.63. The summed E-state index contributed by atoms with van der Waals surface area (Å²) in [6, 6.07) is 18.4. The molecule has 0 aliphatic heterocycles. The molecule has 0 aliphatic rings. The lowest BCUT2D eigenvalue weighted by Crippen LogP contribution is -2.48. The Labute approximate surface area is 173 Å². The minimum atomic E-state index is -0.817. The molecule has 2 aromatic carbocycles. The van der Waals surface area contributed by atoms with Crippen LogP contribution in [0.25, 0.3) is 21.8 Å². The Balaban J connectivity index is 1.62. The monoisotopic (exact) mass is 399 g/mol. The molecule has 7 nitrogen and oxygen atoms in total. The standard InChI is InChI=1S/C23H21N5O2/c1-28-20-9-5-2-6-15(20)13-21(28)23(30)27-19(22(29)25-11-10-24)12-16-14-26-18-8-4-3-7-17(16)18/h2-9,13-14,19,26H,11-12H2,1H3,(H,25,29)(H,27,30). The molecule has 3 N–H and O–H groups in total. The summed E-state index contributed by atoms with van der Waals surface area (Å²) in [6.45, 7) is -0.118. The summed E-state index contributed by atoms with van der Waals surface area (Å²) in [5, 5.41) is 16.2. The zero-order chi connectivity index (χ0) is 21.1. The number of carbonyl (C=O) groups excluding carboxylic acids is 2. The second kappa shape index (κ2) is 8.13. The first-order valence-corrected chi connectivity index (χ1v) is 9.63. The first-order chi connectivity index (χ1) is 14.6. The minimum absolute atomic E-state index is 0.118. The number of nitriles is 1. The van der Waals surface area contributed by atoms with Crippen LogP contribution in [-0.2, 0) is 18.3 Å². The van der Waals surface area contributed by atoms with Crippen molar-refractivity contribution in [3.63, 3.8) is 0 Å². The highest BCUT2D eigenvalue weighted by molar-refractivity contribution is 6.01. The van der Waals surface area contributed by atoms with Crippen molar-refractivity contribution >= 4 is 33.6 Å². The zero-order valence-corrected chi connectivity index (χ0v) is 16.5. The van der Waals surface area contributed by atoms with Crippen LogP contribution in [0.3, 0.4) is 0 Å². The molecule has 0 fully saturated rings. The number of fused-ring (bicyclic) bond motifs is 2. The van der Waals surface area contributed by atoms with Gasteiger partial charge in [0.05, 0.1) is 6.07 Å². The highest BCUT2D eigenvalue weighted by atomic mass is 16.2. The van der Waals surface area contributed by atoms with Crippen molar-refractivity contribution in [1.82, 2.24) is 20.2 Å². The first-order valence-electron chi connectivity index (χ1n) is 9.63. The number of hydrogen-bond donors (Lipinski definition) is 3. The van der Waals surface area contributed by atoms with Gasteiger partial charge in [0, 0.05) is 41.5 Å². The fourth-order valence-corrected chi connectivity index (χ4v) is 3.72. The fourth-order valence-electron chi connectivity index (χ4n) is 3.72. The number of aryl methyl sites for hydroxylation is 1. The summed E-state index contributed by atoms with van der Waals surface area (Å²) < 4.78 is 1.81. The number of aromatic amines is 1. The second-order valence-electron chi connectivity index (χ2n) is 7.11. The molecule has 0 bridgehead atoms. The van der Waals surface area contributed by atoms with Crippen LogP contribution < -0.4 is 10.6 Å². The number of amides is 2. The van der Waals surface area contributed by atoms with Crippen LogP contribution in [0.1, 0.15) is 16.1 Å². The van der Waals surface area contributed by atoms with Gasteiger partial charge in [-0.2, -0.15) is 5.26 Å². The van der Waals surface area contributed by atoms with Crippen molar-refractivity contribution in [2.24, 2.45) is 7.05 Å². The summed E-state index contributed by atoms with van der Waals surface area (Å²) in [5.41, 5.74) is 3.28. The number of benzene rings is 2. The molecule has 0 radical (unpaired) electrons. The third-order valence-corrected chi connectivity index (χ3v) is 5.25. The van der Waals surface area contributed by atoms with Gasteiger partial charge in [-0.3, -0.25) is 9.59 Å². The zero-order valence-electron chi connectivity index (χ0n) is 16.5. The Morgan fingerprint density at radius 1 is 1.17 bits per heavy atom. The van der Waals surface area contributed by atoms with E-state index in [-0.39, 0.29) is 12.5 Å². The molecular weight excluding hydrogens is 378 g/mol. The van der Waals surface area contributed by atoms with Gasteiger partial charge in [0.2, 0.25) is 5.91 Å². The van der Waals surface area contributed by atoms with Crippen molar-refractivity contribution in [2.45, 2.75) is 12.5 Å². The lowest BCUT2D eigenvalue weighted by molar-refractivity contribution is -0.122. The molecule has 2 heterocycles. The first kappa shape index (κ1) is 19.3. The quantitative estimate of drug-likeness (QED) is 0.434. The fraction of sp³-hybridized carbons (Fsp3) is 0.174. The van der Waals surface area contributed by atoms with E-state index in [1.807, 2.05) is 67.8 Å². The van der Waals surface area contributed by atoms with Crippen LogP contribution in [0, 0.1) is 11.3 Å². The Kier molecular flexibility index (Phi) is 5.22. The van der Waals surface area contributed by atoms with E-state index >= 15 is 0 Å². The van der Waals surface area contributed by atoms with Crippen LogP contribution in [0.2, 0.25) is 0 Å². The van der Waals surface area contributed by atoms with Gasteiger partial charge in [-0.05, 0) is 23.8 Å². The molecule has 1 unspecified atom stereocenters. The van der Waals surface area contributed by atoms with Gasteiger partial charge in [0.25, 0.3) is 5.91 Å². The van der Waals surface area contributed by atoms with E-state index in [4.69, 9.17) is 5.26 Å². The number of carbonyl (C=O) groups is 2. The highest BCUT2D eigenvalue weighted by Crippen LogP contribution is 2.21. The Hall–Kier alpha value is -4.05. The molecule has 30 heavy (non-hydrogen) atoms. The molecule has 0 saturated carbocycles. The van der Waals surface area contributed by atoms with Crippen molar-refractivity contribution in [3.05, 3.63) is 72.1 Å². The van der Waals surface area contributed by atoms with Crippen molar-refractivity contribution in [2.75, 3.05) is 6.54 Å². The smallest absolute Gasteiger partial charge is 0.268 e. The summed E-state index contributed by atoms with van der Waals surface area (Å²) >= 11 is 0. The Morgan fingerprint density at radius 2 is 1.93 bits per heavy atom. The van der Waals surface area contributed by atoms with Gasteiger partial charge in [-0.1, -0.05) is 36.4 Å².